The predicted molar refractivity (Wildman–Crippen MR) is 59.9 cm³/mol. The number of aliphatic hydroxyl groups is 1. The Morgan fingerprint density at radius 3 is 2.77 bits per heavy atom. The van der Waals surface area contributed by atoms with E-state index in [1.807, 2.05) is 20.1 Å². The number of rotatable bonds is 6. The normalized spacial score (nSPS) is 14.5. The fourth-order valence-corrected chi connectivity index (χ4v) is 1.72. The highest BCUT2D eigenvalue weighted by atomic mass is 32.2. The molecule has 0 aliphatic carbocycles. The van der Waals surface area contributed by atoms with Gasteiger partial charge in [-0.05, 0) is 20.1 Å². The maximum atomic E-state index is 9.75. The third kappa shape index (κ3) is 8.17. The fourth-order valence-electron chi connectivity index (χ4n) is 0.996. The van der Waals surface area contributed by atoms with E-state index >= 15 is 0 Å². The lowest BCUT2D eigenvalue weighted by molar-refractivity contribution is 0.0853. The molecule has 0 amide bonds. The SMILES string of the molecule is CC#CCCNCC(C)(O)CSC. The van der Waals surface area contributed by atoms with Gasteiger partial charge in [-0.1, -0.05) is 0 Å². The first-order valence-electron chi connectivity index (χ1n) is 4.44. The predicted octanol–water partition coefficient (Wildman–Crippen LogP) is 1.10. The smallest absolute Gasteiger partial charge is 0.0833 e. The molecule has 0 bridgehead atoms. The first-order valence-corrected chi connectivity index (χ1v) is 5.83. The Kier molecular flexibility index (Phi) is 7.16. The minimum Gasteiger partial charge on any atom is -0.388 e. The minimum absolute atomic E-state index is 0.598. The van der Waals surface area contributed by atoms with Crippen molar-refractivity contribution >= 4 is 11.8 Å². The van der Waals surface area contributed by atoms with Gasteiger partial charge in [-0.25, -0.2) is 0 Å². The zero-order valence-electron chi connectivity index (χ0n) is 8.68. The summed E-state index contributed by atoms with van der Waals surface area (Å²) in [5.74, 6) is 6.56. The molecule has 0 fully saturated rings. The quantitative estimate of drug-likeness (QED) is 0.499. The van der Waals surface area contributed by atoms with Crippen molar-refractivity contribution in [2.75, 3.05) is 25.1 Å². The Bertz CT molecular complexity index is 181. The van der Waals surface area contributed by atoms with E-state index in [0.29, 0.717) is 6.54 Å². The Labute approximate surface area is 85.5 Å². The molecule has 0 aromatic carbocycles. The van der Waals surface area contributed by atoms with E-state index in [1.54, 1.807) is 11.8 Å². The maximum Gasteiger partial charge on any atom is 0.0833 e. The zero-order valence-corrected chi connectivity index (χ0v) is 9.50. The molecule has 2 N–H and O–H groups in total. The van der Waals surface area contributed by atoms with Crippen LogP contribution in [0.1, 0.15) is 20.3 Å². The average molecular weight is 201 g/mol. The molecule has 0 saturated heterocycles. The molecule has 0 heterocycles. The van der Waals surface area contributed by atoms with Gasteiger partial charge in [0.2, 0.25) is 0 Å². The lowest BCUT2D eigenvalue weighted by atomic mass is 10.1. The van der Waals surface area contributed by atoms with Crippen LogP contribution in [0.15, 0.2) is 0 Å². The Morgan fingerprint density at radius 2 is 2.23 bits per heavy atom. The van der Waals surface area contributed by atoms with E-state index < -0.39 is 5.60 Å². The number of nitrogens with one attached hydrogen (secondary N) is 1. The van der Waals surface area contributed by atoms with Crippen molar-refractivity contribution in [2.24, 2.45) is 0 Å². The molecule has 0 aromatic heterocycles. The second-order valence-electron chi connectivity index (χ2n) is 3.28. The highest BCUT2D eigenvalue weighted by molar-refractivity contribution is 7.98. The van der Waals surface area contributed by atoms with E-state index in [9.17, 15) is 5.11 Å². The van der Waals surface area contributed by atoms with Crippen LogP contribution in [0.3, 0.4) is 0 Å². The van der Waals surface area contributed by atoms with Crippen LogP contribution < -0.4 is 5.32 Å². The van der Waals surface area contributed by atoms with Crippen LogP contribution in [0.4, 0.5) is 0 Å². The first kappa shape index (κ1) is 12.8. The fraction of sp³-hybridized carbons (Fsp3) is 0.800. The van der Waals surface area contributed by atoms with Gasteiger partial charge in [-0.15, -0.1) is 11.8 Å². The highest BCUT2D eigenvalue weighted by Gasteiger charge is 2.18. The summed E-state index contributed by atoms with van der Waals surface area (Å²) in [6, 6.07) is 0. The van der Waals surface area contributed by atoms with Crippen LogP contribution in [0.25, 0.3) is 0 Å². The lowest BCUT2D eigenvalue weighted by Crippen LogP contribution is -2.40. The molecule has 1 unspecified atom stereocenters. The van der Waals surface area contributed by atoms with Gasteiger partial charge in [0.05, 0.1) is 5.60 Å². The number of thioether (sulfide) groups is 1. The summed E-state index contributed by atoms with van der Waals surface area (Å²) in [4.78, 5) is 0. The van der Waals surface area contributed by atoms with Gasteiger partial charge >= 0.3 is 0 Å². The van der Waals surface area contributed by atoms with Crippen LogP contribution in [-0.4, -0.2) is 35.8 Å². The largest absolute Gasteiger partial charge is 0.388 e. The molecule has 13 heavy (non-hydrogen) atoms. The van der Waals surface area contributed by atoms with Gasteiger partial charge in [0.1, 0.15) is 0 Å². The van der Waals surface area contributed by atoms with Crippen LogP contribution in [0.5, 0.6) is 0 Å². The topological polar surface area (TPSA) is 32.3 Å². The Hall–Kier alpha value is -0.170. The van der Waals surface area contributed by atoms with Crippen molar-refractivity contribution < 1.29 is 5.11 Å². The van der Waals surface area contributed by atoms with E-state index in [1.165, 1.54) is 0 Å². The van der Waals surface area contributed by atoms with E-state index in [2.05, 4.69) is 17.2 Å². The second kappa shape index (κ2) is 7.25. The third-order valence-electron chi connectivity index (χ3n) is 1.56. The van der Waals surface area contributed by atoms with Crippen molar-refractivity contribution in [3.63, 3.8) is 0 Å². The summed E-state index contributed by atoms with van der Waals surface area (Å²) in [6.45, 7) is 5.18. The molecule has 0 aliphatic heterocycles. The van der Waals surface area contributed by atoms with Crippen LogP contribution in [-0.2, 0) is 0 Å². The summed E-state index contributed by atoms with van der Waals surface area (Å²) in [7, 11) is 0. The molecule has 76 valence electrons. The Balaban J connectivity index is 3.43. The van der Waals surface area contributed by atoms with Gasteiger partial charge in [0, 0.05) is 25.3 Å². The molecular formula is C10H19NOS. The Morgan fingerprint density at radius 1 is 1.54 bits per heavy atom. The maximum absolute atomic E-state index is 9.75. The molecule has 0 radical (unpaired) electrons. The van der Waals surface area contributed by atoms with Crippen molar-refractivity contribution in [1.82, 2.24) is 5.32 Å². The average Bonchev–Trinajstić information content (AvgIpc) is 2.04. The number of hydrogen-bond acceptors (Lipinski definition) is 3. The van der Waals surface area contributed by atoms with E-state index in [0.717, 1.165) is 18.7 Å². The zero-order chi connectivity index (χ0) is 10.2. The molecule has 2 nitrogen and oxygen atoms in total. The second-order valence-corrected chi connectivity index (χ2v) is 4.15. The summed E-state index contributed by atoms with van der Waals surface area (Å²) in [5, 5.41) is 12.9. The summed E-state index contributed by atoms with van der Waals surface area (Å²) in [5.41, 5.74) is -0.598. The molecule has 0 aromatic rings. The van der Waals surface area contributed by atoms with Gasteiger partial charge in [0.25, 0.3) is 0 Å². The van der Waals surface area contributed by atoms with Crippen LogP contribution >= 0.6 is 11.8 Å². The monoisotopic (exact) mass is 201 g/mol. The molecule has 3 heteroatoms. The van der Waals surface area contributed by atoms with Crippen molar-refractivity contribution in [3.05, 3.63) is 0 Å². The van der Waals surface area contributed by atoms with Gasteiger partial charge in [-0.3, -0.25) is 0 Å². The lowest BCUT2D eigenvalue weighted by Gasteiger charge is -2.22. The summed E-state index contributed by atoms with van der Waals surface area (Å²) in [6.07, 6.45) is 2.85. The third-order valence-corrected chi connectivity index (χ3v) is 2.48. The van der Waals surface area contributed by atoms with Crippen LogP contribution in [0, 0.1) is 11.8 Å². The molecule has 0 aliphatic rings. The van der Waals surface area contributed by atoms with Gasteiger partial charge in [0.15, 0.2) is 0 Å². The van der Waals surface area contributed by atoms with Crippen molar-refractivity contribution in [1.29, 1.82) is 0 Å². The van der Waals surface area contributed by atoms with Gasteiger partial charge < -0.3 is 10.4 Å². The van der Waals surface area contributed by atoms with Gasteiger partial charge in [-0.2, -0.15) is 11.8 Å². The molecule has 0 saturated carbocycles. The first-order chi connectivity index (χ1) is 6.12. The summed E-state index contributed by atoms with van der Waals surface area (Å²) < 4.78 is 0. The van der Waals surface area contributed by atoms with Crippen LogP contribution in [0.2, 0.25) is 0 Å². The molecule has 0 rings (SSSR count). The highest BCUT2D eigenvalue weighted by Crippen LogP contribution is 2.08. The summed E-state index contributed by atoms with van der Waals surface area (Å²) >= 11 is 1.66. The van der Waals surface area contributed by atoms with E-state index in [-0.39, 0.29) is 0 Å². The van der Waals surface area contributed by atoms with E-state index in [4.69, 9.17) is 0 Å². The van der Waals surface area contributed by atoms with Crippen molar-refractivity contribution in [3.8, 4) is 11.8 Å². The molecule has 1 atom stereocenters. The standard InChI is InChI=1S/C10H19NOS/c1-4-5-6-7-11-8-10(2,12)9-13-3/h11-12H,6-9H2,1-3H3. The van der Waals surface area contributed by atoms with Crippen molar-refractivity contribution in [2.45, 2.75) is 25.9 Å². The molecule has 0 spiro atoms. The number of hydrogen-bond donors (Lipinski definition) is 2. The molecular weight excluding hydrogens is 182 g/mol. The minimum atomic E-state index is -0.598.